The maximum Gasteiger partial charge on any atom is 0.410 e. The minimum absolute atomic E-state index is 0.0841. The fourth-order valence-electron chi connectivity index (χ4n) is 12.1. The van der Waals surface area contributed by atoms with Crippen molar-refractivity contribution in [3.05, 3.63) is 77.9 Å². The highest BCUT2D eigenvalue weighted by atomic mass is 16.6. The quantitative estimate of drug-likeness (QED) is 0.0321. The van der Waals surface area contributed by atoms with Crippen molar-refractivity contribution in [1.29, 1.82) is 0 Å². The van der Waals surface area contributed by atoms with Gasteiger partial charge in [0.15, 0.2) is 0 Å². The van der Waals surface area contributed by atoms with E-state index >= 15 is 0 Å². The Balaban J connectivity index is 1.37. The van der Waals surface area contributed by atoms with Crippen LogP contribution in [0, 0.1) is 29.6 Å². The zero-order valence-electron chi connectivity index (χ0n) is 57.4. The summed E-state index contributed by atoms with van der Waals surface area (Å²) in [5.41, 5.74) is 6.77. The van der Waals surface area contributed by atoms with E-state index in [1.165, 1.54) is 38.3 Å². The van der Waals surface area contributed by atoms with Crippen LogP contribution in [-0.2, 0) is 64.0 Å². The molecular weight excluding hydrogens is 1210 g/mol. The van der Waals surface area contributed by atoms with Gasteiger partial charge in [0.2, 0.25) is 41.4 Å². The van der Waals surface area contributed by atoms with Crippen LogP contribution in [0.2, 0.25) is 0 Å². The zero-order valence-corrected chi connectivity index (χ0v) is 57.4. The first-order valence-corrected chi connectivity index (χ1v) is 32.9. The average Bonchev–Trinajstić information content (AvgIpc) is 1.33. The first kappa shape index (κ1) is 78.5. The number of unbranched alkanes of at least 4 members (excludes halogenated alkanes) is 2. The molecule has 9 N–H and O–H groups in total. The predicted octanol–water partition coefficient (Wildman–Crippen LogP) is 5.08. The molecule has 26 nitrogen and oxygen atoms in total. The van der Waals surface area contributed by atoms with Crippen molar-refractivity contribution in [2.24, 2.45) is 35.3 Å². The second kappa shape index (κ2) is 38.4. The van der Waals surface area contributed by atoms with Crippen molar-refractivity contribution in [3.63, 3.8) is 0 Å². The van der Waals surface area contributed by atoms with E-state index in [1.807, 2.05) is 32.0 Å². The number of benzene rings is 2. The lowest BCUT2D eigenvalue weighted by atomic mass is 9.89. The van der Waals surface area contributed by atoms with Crippen molar-refractivity contribution < 1.29 is 72.1 Å². The Morgan fingerprint density at radius 1 is 0.713 bits per heavy atom. The Morgan fingerprint density at radius 2 is 1.35 bits per heavy atom. The lowest BCUT2D eigenvalue weighted by Gasteiger charge is -2.41. The van der Waals surface area contributed by atoms with E-state index in [0.29, 0.717) is 61.9 Å². The summed E-state index contributed by atoms with van der Waals surface area (Å²) in [6.45, 7) is 18.6. The molecule has 0 bridgehead atoms. The highest BCUT2D eigenvalue weighted by Crippen LogP contribution is 2.31. The molecule has 0 aromatic heterocycles. The van der Waals surface area contributed by atoms with E-state index < -0.39 is 114 Å². The number of anilines is 1. The largest absolute Gasteiger partial charge is 0.445 e. The van der Waals surface area contributed by atoms with Gasteiger partial charge >= 0.3 is 12.1 Å². The summed E-state index contributed by atoms with van der Waals surface area (Å²) in [5.74, 6) is -6.02. The second-order valence-corrected chi connectivity index (χ2v) is 25.8. The molecule has 1 fully saturated rings. The van der Waals surface area contributed by atoms with Crippen LogP contribution < -0.4 is 37.6 Å². The first-order chi connectivity index (χ1) is 44.5. The highest BCUT2D eigenvalue weighted by Gasteiger charge is 2.44. The predicted molar refractivity (Wildman–Crippen MR) is 353 cm³/mol. The lowest BCUT2D eigenvalue weighted by Crippen LogP contribution is -2.60. The number of hydrogen-bond acceptors (Lipinski definition) is 15. The van der Waals surface area contributed by atoms with Crippen molar-refractivity contribution >= 4 is 71.0 Å². The Kier molecular flexibility index (Phi) is 32.1. The molecule has 2 aliphatic heterocycles. The van der Waals surface area contributed by atoms with Gasteiger partial charge in [-0.1, -0.05) is 118 Å². The molecule has 2 heterocycles. The smallest absolute Gasteiger partial charge is 0.410 e. The zero-order chi connectivity index (χ0) is 70.1. The van der Waals surface area contributed by atoms with Crippen molar-refractivity contribution in [2.45, 2.75) is 201 Å². The molecule has 1 saturated heterocycles. The number of nitrogens with one attached hydrogen (secondary N) is 6. The number of rotatable bonds is 38. The molecule has 0 saturated carbocycles. The summed E-state index contributed by atoms with van der Waals surface area (Å²) < 4.78 is 17.7. The number of aliphatic hydroxyl groups excluding tert-OH is 1. The SMILES string of the molecule is CC[C@H](C)C([C@@H](CC(=O)N1CCC[C@H]1[C@H](OC)[C@@H](C)C(=O)N[C@H](C)[C@@H](O)c1ccccc1)OC)N(C)C(=O)[C@H](NC(=O)[C@H](C(C)C)N(C)C(=O)OCc1ccc(NC(=O)[C@@H](CCCNC(N)=O)NC(=O)[C@@H](NC(=O)CCCCCN2C(=O)C=CC2=O)C(C)C)cc1)C(C)C. The van der Waals surface area contributed by atoms with E-state index in [0.717, 1.165) is 4.90 Å². The Bertz CT molecular complexity index is 2880. The third-order valence-electron chi connectivity index (χ3n) is 17.7. The van der Waals surface area contributed by atoms with Gasteiger partial charge in [-0.15, -0.1) is 0 Å². The number of nitrogens with zero attached hydrogens (tertiary/aromatic N) is 4. The number of amides is 12. The van der Waals surface area contributed by atoms with Gasteiger partial charge in [0.05, 0.1) is 48.8 Å². The number of likely N-dealkylation sites (tertiary alicyclic amines) is 1. The summed E-state index contributed by atoms with van der Waals surface area (Å²) in [6.07, 6.45) is 2.94. The summed E-state index contributed by atoms with van der Waals surface area (Å²) in [7, 11) is 6.08. The van der Waals surface area contributed by atoms with Gasteiger partial charge in [-0.3, -0.25) is 53.0 Å². The van der Waals surface area contributed by atoms with Gasteiger partial charge in [-0.25, -0.2) is 9.59 Å². The molecule has 94 heavy (non-hydrogen) atoms. The van der Waals surface area contributed by atoms with Crippen LogP contribution in [0.4, 0.5) is 15.3 Å². The maximum atomic E-state index is 14.8. The van der Waals surface area contributed by atoms with Crippen LogP contribution in [0.5, 0.6) is 0 Å². The number of ether oxygens (including phenoxy) is 3. The van der Waals surface area contributed by atoms with E-state index in [2.05, 4.69) is 31.9 Å². The number of methoxy groups -OCH3 is 2. The molecule has 2 aliphatic rings. The third kappa shape index (κ3) is 22.9. The number of imide groups is 1. The minimum Gasteiger partial charge on any atom is -0.445 e. The van der Waals surface area contributed by atoms with Crippen LogP contribution in [-0.4, -0.2) is 192 Å². The van der Waals surface area contributed by atoms with Crippen LogP contribution >= 0.6 is 0 Å². The molecule has 12 amide bonds. The minimum atomic E-state index is -1.11. The monoisotopic (exact) mass is 1320 g/mol. The van der Waals surface area contributed by atoms with E-state index in [1.54, 1.807) is 109 Å². The number of likely N-dealkylation sites (N-methyl/N-ethyl adjacent to an activating group) is 2. The number of carbonyl (C=O) groups is 11. The molecule has 0 radical (unpaired) electrons. The van der Waals surface area contributed by atoms with E-state index in [4.69, 9.17) is 19.9 Å². The standard InChI is InChI=1S/C68H105N11O15/c1-15-43(8)59(51(92-13)38-55(83)78-37-23-27-50(78)61(93-14)44(9)62(85)71-45(10)60(84)47-24-18-16-19-25-47)76(11)66(89)57(41(4)5)75-65(88)58(42(6)7)77(12)68(91)94-39-46-29-31-48(32-30-46)72-63(86)49(26-22-35-70-67(69)90)73-64(87)56(40(2)3)74-52(80)28-20-17-21-36-79-53(81)33-34-54(79)82/h16,18-19,24-25,29-34,40-45,49-51,56-61,84H,15,17,20-23,26-28,35-39H2,1-14H3,(H,71,85)(H,72,86)(H,73,87)(H,74,80)(H,75,88)(H3,69,70,90)/t43-,44+,45+,49+,50-,51+,56-,57+,58-,59?,60+,61+/m0/s1. The van der Waals surface area contributed by atoms with Crippen LogP contribution in [0.1, 0.15) is 151 Å². The van der Waals surface area contributed by atoms with E-state index in [9.17, 15) is 57.8 Å². The maximum absolute atomic E-state index is 14.8. The number of carbonyl (C=O) groups excluding carboxylic acids is 11. The second-order valence-electron chi connectivity index (χ2n) is 25.8. The number of aliphatic hydroxyl groups is 1. The van der Waals surface area contributed by atoms with Crippen molar-refractivity contribution in [1.82, 2.24) is 46.2 Å². The van der Waals surface area contributed by atoms with Gasteiger partial charge in [0.25, 0.3) is 11.8 Å². The molecule has 0 spiro atoms. The lowest BCUT2D eigenvalue weighted by molar-refractivity contribution is -0.148. The van der Waals surface area contributed by atoms with Crippen LogP contribution in [0.15, 0.2) is 66.7 Å². The van der Waals surface area contributed by atoms with Crippen molar-refractivity contribution in [3.8, 4) is 0 Å². The van der Waals surface area contributed by atoms with Crippen molar-refractivity contribution in [2.75, 3.05) is 53.3 Å². The summed E-state index contributed by atoms with van der Waals surface area (Å²) in [5, 5.41) is 27.6. The summed E-state index contributed by atoms with van der Waals surface area (Å²) in [6, 6.07) is 8.74. The van der Waals surface area contributed by atoms with Gasteiger partial charge < -0.3 is 66.8 Å². The van der Waals surface area contributed by atoms with Crippen LogP contribution in [0.25, 0.3) is 0 Å². The van der Waals surface area contributed by atoms with Gasteiger partial charge in [0.1, 0.15) is 30.8 Å². The molecule has 0 aliphatic carbocycles. The highest BCUT2D eigenvalue weighted by molar-refractivity contribution is 6.12. The number of urea groups is 1. The average molecular weight is 1320 g/mol. The summed E-state index contributed by atoms with van der Waals surface area (Å²) >= 11 is 0. The fraction of sp³-hybridized carbons (Fsp3) is 0.632. The third-order valence-corrected chi connectivity index (χ3v) is 17.7. The molecule has 1 unspecified atom stereocenters. The Morgan fingerprint density at radius 3 is 1.93 bits per heavy atom. The van der Waals surface area contributed by atoms with Crippen LogP contribution in [0.3, 0.4) is 0 Å². The number of primary amides is 1. The van der Waals surface area contributed by atoms with Gasteiger partial charge in [-0.05, 0) is 92.4 Å². The molecular formula is C68H105N11O15. The molecule has 26 heteroatoms. The topological polar surface area (TPSA) is 347 Å². The molecule has 2 aromatic rings. The molecule has 4 rings (SSSR count). The molecule has 2 aromatic carbocycles. The van der Waals surface area contributed by atoms with Gasteiger partial charge in [0, 0.05) is 72.2 Å². The number of hydrogen-bond donors (Lipinski definition) is 8. The summed E-state index contributed by atoms with van der Waals surface area (Å²) in [4.78, 5) is 152. The Labute approximate surface area is 554 Å². The number of nitrogens with two attached hydrogens (primary N) is 1. The Hall–Kier alpha value is -7.97. The molecule has 12 atom stereocenters. The first-order valence-electron chi connectivity index (χ1n) is 32.9. The van der Waals surface area contributed by atoms with Gasteiger partial charge in [-0.2, -0.15) is 0 Å². The fourth-order valence-corrected chi connectivity index (χ4v) is 12.1. The normalized spacial score (nSPS) is 17.4. The van der Waals surface area contributed by atoms with E-state index in [-0.39, 0.29) is 86.8 Å². The molecule has 522 valence electrons.